The summed E-state index contributed by atoms with van der Waals surface area (Å²) in [4.78, 5) is 23.8. The van der Waals surface area contributed by atoms with Crippen LogP contribution in [0.2, 0.25) is 0 Å². The van der Waals surface area contributed by atoms with Gasteiger partial charge < -0.3 is 15.4 Å². The van der Waals surface area contributed by atoms with E-state index in [1.807, 2.05) is 30.8 Å². The molecule has 8 heteroatoms. The number of ether oxygens (including phenoxy) is 1. The zero-order chi connectivity index (χ0) is 22.5. The minimum atomic E-state index is -0.435. The molecular formula is C23H28N6O2. The molecule has 0 aliphatic carbocycles. The first-order valence-corrected chi connectivity index (χ1v) is 10.3. The van der Waals surface area contributed by atoms with Crippen LogP contribution in [-0.4, -0.2) is 37.6 Å². The van der Waals surface area contributed by atoms with Crippen LogP contribution in [0.1, 0.15) is 61.2 Å². The molecule has 3 aromatic rings. The van der Waals surface area contributed by atoms with E-state index in [9.17, 15) is 4.79 Å². The highest BCUT2D eigenvalue weighted by atomic mass is 16.5. The van der Waals surface area contributed by atoms with E-state index in [2.05, 4.69) is 30.7 Å². The highest BCUT2D eigenvalue weighted by molar-refractivity contribution is 5.93. The summed E-state index contributed by atoms with van der Waals surface area (Å²) in [6.45, 7) is 8.60. The standard InChI is InChI=1S/C23H28N6O2/c1-13-15-8-7-9-25-19(15)22(30)28(5)12-16-18(20(23(2,3)4)27-29(16)6)14-10-17(31-13)21(24)26-11-14/h7-11,13H,12H2,1-6H3,(H2,24,26). The molecular weight excluding hydrogens is 392 g/mol. The maximum atomic E-state index is 13.3. The molecule has 31 heavy (non-hydrogen) atoms. The number of fused-ring (bicyclic) bond motifs is 5. The van der Waals surface area contributed by atoms with Crippen LogP contribution in [0.4, 0.5) is 5.82 Å². The van der Waals surface area contributed by atoms with Crippen molar-refractivity contribution in [1.82, 2.24) is 24.6 Å². The molecule has 0 saturated carbocycles. The van der Waals surface area contributed by atoms with Gasteiger partial charge >= 0.3 is 0 Å². The van der Waals surface area contributed by atoms with Gasteiger partial charge in [0, 0.05) is 48.6 Å². The van der Waals surface area contributed by atoms with Gasteiger partial charge in [-0.3, -0.25) is 14.5 Å². The van der Waals surface area contributed by atoms with Crippen LogP contribution >= 0.6 is 0 Å². The molecule has 1 atom stereocenters. The largest absolute Gasteiger partial charge is 0.482 e. The van der Waals surface area contributed by atoms with E-state index in [-0.39, 0.29) is 11.3 Å². The average molecular weight is 421 g/mol. The molecule has 0 saturated heterocycles. The van der Waals surface area contributed by atoms with Crippen molar-refractivity contribution in [3.05, 3.63) is 53.2 Å². The van der Waals surface area contributed by atoms with Crippen molar-refractivity contribution >= 4 is 11.7 Å². The van der Waals surface area contributed by atoms with Crippen molar-refractivity contribution in [2.24, 2.45) is 7.05 Å². The molecule has 1 unspecified atom stereocenters. The van der Waals surface area contributed by atoms with E-state index in [1.54, 1.807) is 30.4 Å². The van der Waals surface area contributed by atoms with Gasteiger partial charge in [-0.05, 0) is 19.1 Å². The first kappa shape index (κ1) is 20.8. The number of nitrogen functional groups attached to an aromatic ring is 1. The fraction of sp³-hybridized carbons (Fsp3) is 0.391. The van der Waals surface area contributed by atoms with E-state index in [4.69, 9.17) is 15.6 Å². The third kappa shape index (κ3) is 3.62. The summed E-state index contributed by atoms with van der Waals surface area (Å²) in [6, 6.07) is 5.56. The van der Waals surface area contributed by atoms with E-state index in [0.717, 1.165) is 22.5 Å². The number of amides is 1. The van der Waals surface area contributed by atoms with Gasteiger partial charge in [0.05, 0.1) is 17.9 Å². The van der Waals surface area contributed by atoms with Gasteiger partial charge in [0.25, 0.3) is 5.91 Å². The Morgan fingerprint density at radius 1 is 1.23 bits per heavy atom. The normalized spacial score (nSPS) is 16.6. The summed E-state index contributed by atoms with van der Waals surface area (Å²) in [7, 11) is 3.67. The Balaban J connectivity index is 2.00. The number of nitrogens with zero attached hydrogens (tertiary/aromatic N) is 5. The maximum absolute atomic E-state index is 13.3. The number of hydrogen-bond acceptors (Lipinski definition) is 6. The number of carbonyl (C=O) groups excluding carboxylic acids is 1. The lowest BCUT2D eigenvalue weighted by Crippen LogP contribution is -2.30. The number of aryl methyl sites for hydroxylation is 1. The van der Waals surface area contributed by atoms with Crippen molar-refractivity contribution in [3.8, 4) is 16.9 Å². The highest BCUT2D eigenvalue weighted by Gasteiger charge is 2.30. The molecule has 8 nitrogen and oxygen atoms in total. The molecule has 162 valence electrons. The summed E-state index contributed by atoms with van der Waals surface area (Å²) in [6.07, 6.45) is 2.92. The molecule has 4 rings (SSSR count). The lowest BCUT2D eigenvalue weighted by atomic mass is 9.86. The average Bonchev–Trinajstić information content (AvgIpc) is 3.05. The summed E-state index contributed by atoms with van der Waals surface area (Å²) in [5.74, 6) is 0.589. The van der Waals surface area contributed by atoms with Crippen LogP contribution in [0, 0.1) is 0 Å². The second-order valence-corrected chi connectivity index (χ2v) is 9.01. The van der Waals surface area contributed by atoms with Gasteiger partial charge in [-0.15, -0.1) is 0 Å². The fourth-order valence-electron chi connectivity index (χ4n) is 3.91. The Bertz CT molecular complexity index is 1160. The zero-order valence-corrected chi connectivity index (χ0v) is 18.8. The van der Waals surface area contributed by atoms with Crippen molar-refractivity contribution in [2.45, 2.75) is 45.8 Å². The molecule has 0 fully saturated rings. The number of pyridine rings is 2. The molecule has 1 amide bonds. The number of hydrogen-bond donors (Lipinski definition) is 1. The van der Waals surface area contributed by atoms with Gasteiger partial charge in [-0.25, -0.2) is 4.98 Å². The van der Waals surface area contributed by atoms with Crippen molar-refractivity contribution < 1.29 is 9.53 Å². The number of nitrogens with two attached hydrogens (primary N) is 1. The van der Waals surface area contributed by atoms with Crippen molar-refractivity contribution in [3.63, 3.8) is 0 Å². The molecule has 0 spiro atoms. The fourth-order valence-corrected chi connectivity index (χ4v) is 3.91. The van der Waals surface area contributed by atoms with Gasteiger partial charge in [0.15, 0.2) is 11.6 Å². The first-order chi connectivity index (χ1) is 14.6. The molecule has 4 heterocycles. The van der Waals surface area contributed by atoms with Crippen molar-refractivity contribution in [2.75, 3.05) is 12.8 Å². The minimum absolute atomic E-state index is 0.175. The van der Waals surface area contributed by atoms with Crippen LogP contribution in [0.15, 0.2) is 30.6 Å². The SMILES string of the molecule is CC1Oc2cc(cnc2N)-c2c(C(C)(C)C)nn(C)c2CN(C)C(=O)c2ncccc21. The molecule has 0 aromatic carbocycles. The summed E-state index contributed by atoms with van der Waals surface area (Å²) in [5.41, 5.74) is 10.6. The molecule has 0 radical (unpaired) electrons. The monoisotopic (exact) mass is 420 g/mol. The van der Waals surface area contributed by atoms with Crippen LogP contribution in [0.5, 0.6) is 5.75 Å². The maximum Gasteiger partial charge on any atom is 0.272 e. The Labute approximate surface area is 182 Å². The smallest absolute Gasteiger partial charge is 0.272 e. The summed E-state index contributed by atoms with van der Waals surface area (Å²) >= 11 is 0. The van der Waals surface area contributed by atoms with Crippen LogP contribution in [-0.2, 0) is 19.0 Å². The second-order valence-electron chi connectivity index (χ2n) is 9.01. The zero-order valence-electron chi connectivity index (χ0n) is 18.8. The third-order valence-electron chi connectivity index (χ3n) is 5.56. The summed E-state index contributed by atoms with van der Waals surface area (Å²) in [5, 5.41) is 4.81. The van der Waals surface area contributed by atoms with Gasteiger partial charge in [-0.2, -0.15) is 5.10 Å². The quantitative estimate of drug-likeness (QED) is 0.598. The summed E-state index contributed by atoms with van der Waals surface area (Å²) < 4.78 is 8.03. The third-order valence-corrected chi connectivity index (χ3v) is 5.56. The van der Waals surface area contributed by atoms with E-state index in [0.29, 0.717) is 29.4 Å². The molecule has 2 bridgehead atoms. The highest BCUT2D eigenvalue weighted by Crippen LogP contribution is 2.39. The predicted molar refractivity (Wildman–Crippen MR) is 119 cm³/mol. The number of rotatable bonds is 0. The molecule has 1 aliphatic rings. The molecule has 1 aliphatic heterocycles. The predicted octanol–water partition coefficient (Wildman–Crippen LogP) is 3.48. The van der Waals surface area contributed by atoms with Gasteiger partial charge in [-0.1, -0.05) is 26.8 Å². The lowest BCUT2D eigenvalue weighted by Gasteiger charge is -2.24. The molecule has 2 N–H and O–H groups in total. The Morgan fingerprint density at radius 2 is 1.97 bits per heavy atom. The number of carbonyl (C=O) groups is 1. The van der Waals surface area contributed by atoms with E-state index in [1.165, 1.54) is 0 Å². The molecule has 3 aromatic heterocycles. The second kappa shape index (κ2) is 7.37. The van der Waals surface area contributed by atoms with E-state index < -0.39 is 6.10 Å². The van der Waals surface area contributed by atoms with Crippen LogP contribution in [0.3, 0.4) is 0 Å². The Morgan fingerprint density at radius 3 is 2.68 bits per heavy atom. The van der Waals surface area contributed by atoms with Crippen molar-refractivity contribution in [1.29, 1.82) is 0 Å². The lowest BCUT2D eigenvalue weighted by molar-refractivity contribution is 0.0771. The van der Waals surface area contributed by atoms with Crippen LogP contribution < -0.4 is 10.5 Å². The Hall–Kier alpha value is -3.42. The minimum Gasteiger partial charge on any atom is -0.482 e. The number of anilines is 1. The van der Waals surface area contributed by atoms with E-state index >= 15 is 0 Å². The van der Waals surface area contributed by atoms with Gasteiger partial charge in [0.2, 0.25) is 0 Å². The Kier molecular flexibility index (Phi) is 4.95. The topological polar surface area (TPSA) is 99.2 Å². The van der Waals surface area contributed by atoms with Crippen LogP contribution in [0.25, 0.3) is 11.1 Å². The first-order valence-electron chi connectivity index (χ1n) is 10.3. The number of aromatic nitrogens is 4. The van der Waals surface area contributed by atoms with Gasteiger partial charge in [0.1, 0.15) is 11.8 Å².